The molecule has 0 amide bonds. The minimum Gasteiger partial charge on any atom is -0.490 e. The molecule has 0 unspecified atom stereocenters. The highest BCUT2D eigenvalue weighted by Crippen LogP contribution is 2.36. The van der Waals surface area contributed by atoms with Gasteiger partial charge < -0.3 is 14.2 Å². The standard InChI is InChI=1S/C26H20I3NO4/c1-3-32-23-13-17(11-21(29)24(23)33-14-16-5-4-6-19(27)10-16)12-22-26(31)34-25(30-22)18-7-8-20(28)15(2)9-18/h4-13H,3,14H2,1-2H3/b22-12-. The van der Waals surface area contributed by atoms with Crippen LogP contribution in [0.2, 0.25) is 0 Å². The van der Waals surface area contributed by atoms with Crippen LogP contribution >= 0.6 is 67.8 Å². The summed E-state index contributed by atoms with van der Waals surface area (Å²) < 4.78 is 20.6. The summed E-state index contributed by atoms with van der Waals surface area (Å²) >= 11 is 6.78. The first-order chi connectivity index (χ1) is 16.3. The SMILES string of the molecule is CCOc1cc(/C=C2\N=C(c3ccc(I)c(C)c3)OC2=O)cc(I)c1OCc1cccc(I)c1. The van der Waals surface area contributed by atoms with Crippen LogP contribution in [0, 0.1) is 17.6 Å². The van der Waals surface area contributed by atoms with Crippen LogP contribution in [0.15, 0.2) is 65.3 Å². The van der Waals surface area contributed by atoms with Gasteiger partial charge in [0.05, 0.1) is 10.2 Å². The first-order valence-corrected chi connectivity index (χ1v) is 13.7. The summed E-state index contributed by atoms with van der Waals surface area (Å²) in [6, 6.07) is 17.8. The second-order valence-corrected chi connectivity index (χ2v) is 11.1. The Labute approximate surface area is 239 Å². The van der Waals surface area contributed by atoms with Crippen LogP contribution < -0.4 is 9.47 Å². The molecule has 0 saturated carbocycles. The molecule has 0 fully saturated rings. The van der Waals surface area contributed by atoms with Crippen molar-refractivity contribution in [3.63, 3.8) is 0 Å². The molecule has 0 aromatic heterocycles. The first-order valence-electron chi connectivity index (χ1n) is 10.5. The number of ether oxygens (including phenoxy) is 3. The van der Waals surface area contributed by atoms with Crippen LogP contribution in [-0.4, -0.2) is 18.5 Å². The Morgan fingerprint density at radius 2 is 1.82 bits per heavy atom. The molecule has 3 aromatic carbocycles. The summed E-state index contributed by atoms with van der Waals surface area (Å²) in [5, 5.41) is 0. The summed E-state index contributed by atoms with van der Waals surface area (Å²) in [6.07, 6.45) is 1.71. The van der Waals surface area contributed by atoms with Gasteiger partial charge in [0.15, 0.2) is 17.2 Å². The summed E-state index contributed by atoms with van der Waals surface area (Å²) in [7, 11) is 0. The van der Waals surface area contributed by atoms with Gasteiger partial charge in [-0.2, -0.15) is 0 Å². The molecule has 1 heterocycles. The third kappa shape index (κ3) is 6.11. The Balaban J connectivity index is 1.61. The van der Waals surface area contributed by atoms with Gasteiger partial charge in [-0.25, -0.2) is 9.79 Å². The van der Waals surface area contributed by atoms with Crippen LogP contribution in [-0.2, 0) is 16.1 Å². The van der Waals surface area contributed by atoms with E-state index in [2.05, 4.69) is 78.8 Å². The monoisotopic (exact) mass is 791 g/mol. The Kier molecular flexibility index (Phi) is 8.51. The lowest BCUT2D eigenvalue weighted by Crippen LogP contribution is -2.06. The Bertz CT molecular complexity index is 1320. The highest BCUT2D eigenvalue weighted by atomic mass is 127. The molecule has 8 heteroatoms. The first kappa shape index (κ1) is 25.4. The van der Waals surface area contributed by atoms with E-state index >= 15 is 0 Å². The summed E-state index contributed by atoms with van der Waals surface area (Å²) in [6.45, 7) is 4.86. The van der Waals surface area contributed by atoms with Crippen LogP contribution in [0.1, 0.15) is 29.2 Å². The van der Waals surface area contributed by atoms with E-state index in [9.17, 15) is 4.79 Å². The predicted octanol–water partition coefficient (Wildman–Crippen LogP) is 7.13. The lowest BCUT2D eigenvalue weighted by Gasteiger charge is -2.15. The average molecular weight is 791 g/mol. The van der Waals surface area contributed by atoms with Crippen LogP contribution in [0.3, 0.4) is 0 Å². The number of esters is 1. The third-order valence-corrected chi connectivity index (χ3v) is 7.62. The minimum atomic E-state index is -0.474. The number of halogens is 3. The maximum Gasteiger partial charge on any atom is 0.363 e. The Morgan fingerprint density at radius 3 is 2.56 bits per heavy atom. The fourth-order valence-corrected chi connectivity index (χ4v) is 5.05. The average Bonchev–Trinajstić information content (AvgIpc) is 3.15. The lowest BCUT2D eigenvalue weighted by molar-refractivity contribution is -0.129. The predicted molar refractivity (Wildman–Crippen MR) is 158 cm³/mol. The second-order valence-electron chi connectivity index (χ2n) is 7.48. The molecule has 0 atom stereocenters. The Hall–Kier alpha value is -1.67. The number of hydrogen-bond acceptors (Lipinski definition) is 5. The van der Waals surface area contributed by atoms with E-state index in [1.807, 2.05) is 62.4 Å². The number of carbonyl (C=O) groups excluding carboxylic acids is 1. The molecule has 0 spiro atoms. The highest BCUT2D eigenvalue weighted by molar-refractivity contribution is 14.1. The topological polar surface area (TPSA) is 57.1 Å². The Morgan fingerprint density at radius 1 is 1.00 bits per heavy atom. The van der Waals surface area contributed by atoms with Gasteiger partial charge in [0.1, 0.15) is 6.61 Å². The van der Waals surface area contributed by atoms with Gasteiger partial charge in [0.2, 0.25) is 5.90 Å². The normalized spacial score (nSPS) is 14.2. The molecular weight excluding hydrogens is 771 g/mol. The molecule has 0 N–H and O–H groups in total. The molecule has 3 aromatic rings. The fourth-order valence-electron chi connectivity index (χ4n) is 3.32. The van der Waals surface area contributed by atoms with Gasteiger partial charge in [0.25, 0.3) is 0 Å². The number of cyclic esters (lactones) is 1. The third-order valence-electron chi connectivity index (χ3n) is 4.93. The quantitative estimate of drug-likeness (QED) is 0.145. The maximum atomic E-state index is 12.5. The number of nitrogens with zero attached hydrogens (tertiary/aromatic N) is 1. The van der Waals surface area contributed by atoms with E-state index in [1.54, 1.807) is 6.08 Å². The van der Waals surface area contributed by atoms with E-state index in [1.165, 1.54) is 0 Å². The van der Waals surface area contributed by atoms with Gasteiger partial charge in [-0.1, -0.05) is 12.1 Å². The molecule has 0 radical (unpaired) electrons. The number of carbonyl (C=O) groups is 1. The van der Waals surface area contributed by atoms with E-state index in [0.29, 0.717) is 30.6 Å². The molecule has 0 aliphatic carbocycles. The molecule has 34 heavy (non-hydrogen) atoms. The zero-order chi connectivity index (χ0) is 24.2. The van der Waals surface area contributed by atoms with Gasteiger partial charge in [-0.05, 0) is 147 Å². The molecule has 1 aliphatic rings. The molecule has 4 rings (SSSR count). The van der Waals surface area contributed by atoms with Crippen molar-refractivity contribution in [1.29, 1.82) is 0 Å². The van der Waals surface area contributed by atoms with E-state index in [0.717, 1.165) is 33.0 Å². The molecule has 174 valence electrons. The minimum absolute atomic E-state index is 0.247. The second kappa shape index (κ2) is 11.4. The zero-order valence-electron chi connectivity index (χ0n) is 18.4. The van der Waals surface area contributed by atoms with Crippen molar-refractivity contribution in [1.82, 2.24) is 0 Å². The molecule has 0 saturated heterocycles. The number of hydrogen-bond donors (Lipinski definition) is 0. The van der Waals surface area contributed by atoms with Crippen molar-refractivity contribution in [3.8, 4) is 11.5 Å². The zero-order valence-corrected chi connectivity index (χ0v) is 24.9. The number of aliphatic imine (C=N–C) groups is 1. The van der Waals surface area contributed by atoms with Crippen LogP contribution in [0.4, 0.5) is 0 Å². The van der Waals surface area contributed by atoms with Crippen LogP contribution in [0.5, 0.6) is 11.5 Å². The number of benzene rings is 3. The van der Waals surface area contributed by atoms with Gasteiger partial charge >= 0.3 is 5.97 Å². The van der Waals surface area contributed by atoms with E-state index in [-0.39, 0.29) is 5.70 Å². The number of rotatable bonds is 7. The van der Waals surface area contributed by atoms with E-state index < -0.39 is 5.97 Å². The molecule has 5 nitrogen and oxygen atoms in total. The van der Waals surface area contributed by atoms with E-state index in [4.69, 9.17) is 14.2 Å². The molecule has 1 aliphatic heterocycles. The fraction of sp³-hybridized carbons (Fsp3) is 0.154. The smallest absolute Gasteiger partial charge is 0.363 e. The molecular formula is C26H20I3NO4. The van der Waals surface area contributed by atoms with Crippen molar-refractivity contribution < 1.29 is 19.0 Å². The van der Waals surface area contributed by atoms with Crippen molar-refractivity contribution in [2.75, 3.05) is 6.61 Å². The summed E-state index contributed by atoms with van der Waals surface area (Å²) in [4.78, 5) is 16.9. The van der Waals surface area contributed by atoms with Crippen molar-refractivity contribution in [3.05, 3.63) is 93.3 Å². The molecule has 0 bridgehead atoms. The van der Waals surface area contributed by atoms with Gasteiger partial charge in [-0.3, -0.25) is 0 Å². The van der Waals surface area contributed by atoms with Gasteiger partial charge in [0, 0.05) is 12.7 Å². The summed E-state index contributed by atoms with van der Waals surface area (Å²) in [5.41, 5.74) is 3.99. The summed E-state index contributed by atoms with van der Waals surface area (Å²) in [5.74, 6) is 1.14. The lowest BCUT2D eigenvalue weighted by atomic mass is 10.1. The van der Waals surface area contributed by atoms with Crippen LogP contribution in [0.25, 0.3) is 6.08 Å². The van der Waals surface area contributed by atoms with Crippen molar-refractivity contribution in [2.24, 2.45) is 4.99 Å². The van der Waals surface area contributed by atoms with Crippen molar-refractivity contribution >= 4 is 85.7 Å². The van der Waals surface area contributed by atoms with Crippen molar-refractivity contribution in [2.45, 2.75) is 20.5 Å². The maximum absolute atomic E-state index is 12.5. The number of aryl methyl sites for hydroxylation is 1. The largest absolute Gasteiger partial charge is 0.490 e. The highest BCUT2D eigenvalue weighted by Gasteiger charge is 2.25. The van der Waals surface area contributed by atoms with Gasteiger partial charge in [-0.15, -0.1) is 0 Å².